The maximum absolute atomic E-state index is 12.3. The number of benzene rings is 2. The molecule has 11 heteroatoms. The average molecular weight is 467 g/mol. The Kier molecular flexibility index (Phi) is 7.20. The number of rotatable bonds is 6. The van der Waals surface area contributed by atoms with E-state index in [0.29, 0.717) is 27.0 Å². The Hall–Kier alpha value is -2.75. The van der Waals surface area contributed by atoms with Crippen LogP contribution in [0, 0.1) is 0 Å². The molecule has 0 bridgehead atoms. The maximum atomic E-state index is 12.3. The van der Waals surface area contributed by atoms with Gasteiger partial charge in [0, 0.05) is 12.1 Å². The van der Waals surface area contributed by atoms with Crippen LogP contribution in [0.3, 0.4) is 0 Å². The van der Waals surface area contributed by atoms with Gasteiger partial charge >= 0.3 is 0 Å². The minimum atomic E-state index is -0.806. The van der Waals surface area contributed by atoms with Gasteiger partial charge in [0.25, 0.3) is 5.24 Å². The molecule has 4 amide bonds. The normalized spacial score (nSPS) is 15.5. The van der Waals surface area contributed by atoms with E-state index in [1.807, 2.05) is 0 Å². The van der Waals surface area contributed by atoms with Gasteiger partial charge in [0.05, 0.1) is 22.2 Å². The summed E-state index contributed by atoms with van der Waals surface area (Å²) in [4.78, 5) is 46.8. The van der Waals surface area contributed by atoms with Crippen LogP contribution in [0.25, 0.3) is 0 Å². The lowest BCUT2D eigenvalue weighted by molar-refractivity contribution is -0.129. The van der Waals surface area contributed by atoms with Crippen LogP contribution in [0.1, 0.15) is 12.0 Å². The minimum Gasteiger partial charge on any atom is -0.353 e. The summed E-state index contributed by atoms with van der Waals surface area (Å²) in [6.07, 6.45) is -0.270. The van der Waals surface area contributed by atoms with Crippen LogP contribution >= 0.6 is 35.0 Å². The number of hydrazine groups is 1. The molecule has 8 nitrogen and oxygen atoms in total. The highest BCUT2D eigenvalue weighted by molar-refractivity contribution is 8.15. The van der Waals surface area contributed by atoms with Gasteiger partial charge in [-0.25, -0.2) is 0 Å². The number of hydrogen-bond acceptors (Lipinski definition) is 6. The molecule has 30 heavy (non-hydrogen) atoms. The topological polar surface area (TPSA) is 116 Å². The molecule has 1 heterocycles. The van der Waals surface area contributed by atoms with E-state index < -0.39 is 28.2 Å². The summed E-state index contributed by atoms with van der Waals surface area (Å²) in [7, 11) is 0. The van der Waals surface area contributed by atoms with E-state index in [1.165, 1.54) is 0 Å². The Balaban J connectivity index is 1.57. The van der Waals surface area contributed by atoms with Crippen molar-refractivity contribution in [1.29, 1.82) is 0 Å². The molecule has 0 spiro atoms. The van der Waals surface area contributed by atoms with E-state index in [-0.39, 0.29) is 12.8 Å². The molecule has 1 aliphatic rings. The number of hydrogen-bond donors (Lipinski definition) is 4. The first-order chi connectivity index (χ1) is 14.3. The fraction of sp³-hybridized carbons (Fsp3) is 0.158. The third-order valence-corrected chi connectivity index (χ3v) is 5.68. The van der Waals surface area contributed by atoms with E-state index in [1.54, 1.807) is 42.5 Å². The Morgan fingerprint density at radius 2 is 1.63 bits per heavy atom. The summed E-state index contributed by atoms with van der Waals surface area (Å²) in [5.74, 6) is -1.58. The SMILES string of the molecule is O=C(Cc1ccccc1Nc1c(Cl)cccc1Cl)NNC(=O)CC1SC(=O)NC1=O. The van der Waals surface area contributed by atoms with Crippen molar-refractivity contribution in [3.8, 4) is 0 Å². The minimum absolute atomic E-state index is 0.0390. The Morgan fingerprint density at radius 3 is 2.30 bits per heavy atom. The summed E-state index contributed by atoms with van der Waals surface area (Å²) >= 11 is 13.1. The van der Waals surface area contributed by atoms with Gasteiger partial charge in [-0.15, -0.1) is 0 Å². The lowest BCUT2D eigenvalue weighted by atomic mass is 10.1. The zero-order chi connectivity index (χ0) is 21.7. The maximum Gasteiger partial charge on any atom is 0.286 e. The molecule has 1 aliphatic heterocycles. The number of halogens is 2. The van der Waals surface area contributed by atoms with Gasteiger partial charge in [-0.2, -0.15) is 0 Å². The van der Waals surface area contributed by atoms with E-state index in [0.717, 1.165) is 11.8 Å². The van der Waals surface area contributed by atoms with Gasteiger partial charge in [0.2, 0.25) is 17.7 Å². The van der Waals surface area contributed by atoms with Crippen LogP contribution in [0.5, 0.6) is 0 Å². The van der Waals surface area contributed by atoms with Gasteiger partial charge in [-0.3, -0.25) is 35.3 Å². The van der Waals surface area contributed by atoms with E-state index in [9.17, 15) is 19.2 Å². The standard InChI is InChI=1S/C19H16Cl2N4O4S/c20-11-5-3-6-12(21)17(11)22-13-7-2-1-4-10(13)8-15(26)24-25-16(27)9-14-18(28)23-19(29)30-14/h1-7,14,22H,8-9H2,(H,24,26)(H,25,27)(H,23,28,29). The van der Waals surface area contributed by atoms with Crippen LogP contribution in [-0.4, -0.2) is 28.2 Å². The first-order valence-electron chi connectivity index (χ1n) is 8.71. The van der Waals surface area contributed by atoms with Crippen molar-refractivity contribution in [2.24, 2.45) is 0 Å². The van der Waals surface area contributed by atoms with Crippen molar-refractivity contribution in [2.45, 2.75) is 18.1 Å². The second-order valence-electron chi connectivity index (χ2n) is 6.24. The van der Waals surface area contributed by atoms with Gasteiger partial charge in [0.15, 0.2) is 0 Å². The lowest BCUT2D eigenvalue weighted by Gasteiger charge is -2.15. The molecule has 2 aromatic rings. The number of anilines is 2. The molecule has 1 saturated heterocycles. The zero-order valence-corrected chi connectivity index (χ0v) is 17.7. The molecule has 4 N–H and O–H groups in total. The van der Waals surface area contributed by atoms with Crippen molar-refractivity contribution in [1.82, 2.24) is 16.2 Å². The highest BCUT2D eigenvalue weighted by Gasteiger charge is 2.33. The third-order valence-electron chi connectivity index (χ3n) is 4.07. The van der Waals surface area contributed by atoms with Gasteiger partial charge in [-0.1, -0.05) is 59.2 Å². The number of imide groups is 1. The first kappa shape index (κ1) is 21.9. The number of para-hydroxylation sites is 2. The number of nitrogens with one attached hydrogen (secondary N) is 4. The van der Waals surface area contributed by atoms with E-state index in [2.05, 4.69) is 21.5 Å². The molecular weight excluding hydrogens is 451 g/mol. The molecule has 1 fully saturated rings. The lowest BCUT2D eigenvalue weighted by Crippen LogP contribution is -2.43. The zero-order valence-electron chi connectivity index (χ0n) is 15.3. The van der Waals surface area contributed by atoms with Crippen molar-refractivity contribution < 1.29 is 19.2 Å². The van der Waals surface area contributed by atoms with E-state index >= 15 is 0 Å². The van der Waals surface area contributed by atoms with Crippen LogP contribution in [0.2, 0.25) is 10.0 Å². The molecule has 3 rings (SSSR count). The second-order valence-corrected chi connectivity index (χ2v) is 8.23. The largest absolute Gasteiger partial charge is 0.353 e. The highest BCUT2D eigenvalue weighted by Crippen LogP contribution is 2.33. The molecule has 0 radical (unpaired) electrons. The number of carbonyl (C=O) groups is 4. The molecule has 0 aliphatic carbocycles. The van der Waals surface area contributed by atoms with Crippen molar-refractivity contribution >= 4 is 69.3 Å². The van der Waals surface area contributed by atoms with Crippen LogP contribution in [0.15, 0.2) is 42.5 Å². The average Bonchev–Trinajstić information content (AvgIpc) is 3.01. The van der Waals surface area contributed by atoms with E-state index in [4.69, 9.17) is 23.2 Å². The van der Waals surface area contributed by atoms with Gasteiger partial charge in [-0.05, 0) is 23.8 Å². The van der Waals surface area contributed by atoms with Gasteiger partial charge in [0.1, 0.15) is 5.25 Å². The fourth-order valence-corrected chi connectivity index (χ4v) is 3.96. The Morgan fingerprint density at radius 1 is 0.967 bits per heavy atom. The van der Waals surface area contributed by atoms with Crippen molar-refractivity contribution in [3.63, 3.8) is 0 Å². The highest BCUT2D eigenvalue weighted by atomic mass is 35.5. The van der Waals surface area contributed by atoms with Crippen LogP contribution < -0.4 is 21.5 Å². The summed E-state index contributed by atoms with van der Waals surface area (Å²) in [5.41, 5.74) is 6.35. The molecule has 156 valence electrons. The number of amides is 4. The Labute approximate surface area is 186 Å². The first-order valence-corrected chi connectivity index (χ1v) is 10.3. The smallest absolute Gasteiger partial charge is 0.286 e. The van der Waals surface area contributed by atoms with Crippen molar-refractivity contribution in [2.75, 3.05) is 5.32 Å². The molecule has 2 aromatic carbocycles. The van der Waals surface area contributed by atoms with Crippen LogP contribution in [0.4, 0.5) is 16.2 Å². The quantitative estimate of drug-likeness (QED) is 0.485. The third kappa shape index (κ3) is 5.65. The predicted molar refractivity (Wildman–Crippen MR) is 116 cm³/mol. The van der Waals surface area contributed by atoms with Gasteiger partial charge < -0.3 is 5.32 Å². The molecule has 0 saturated carbocycles. The monoisotopic (exact) mass is 466 g/mol. The molecule has 1 atom stereocenters. The summed E-state index contributed by atoms with van der Waals surface area (Å²) < 4.78 is 0. The summed E-state index contributed by atoms with van der Waals surface area (Å²) in [6, 6.07) is 12.2. The molecule has 1 unspecified atom stereocenters. The molecule has 0 aromatic heterocycles. The summed E-state index contributed by atoms with van der Waals surface area (Å²) in [5, 5.41) is 4.78. The fourth-order valence-electron chi connectivity index (χ4n) is 2.65. The molecular formula is C19H16Cl2N4O4S. The Bertz CT molecular complexity index is 998. The number of carbonyl (C=O) groups excluding carboxylic acids is 4. The summed E-state index contributed by atoms with van der Waals surface area (Å²) in [6.45, 7) is 0. The number of thioether (sulfide) groups is 1. The van der Waals surface area contributed by atoms with Crippen LogP contribution in [-0.2, 0) is 20.8 Å². The second kappa shape index (κ2) is 9.84. The van der Waals surface area contributed by atoms with Crippen molar-refractivity contribution in [3.05, 3.63) is 58.1 Å². The predicted octanol–water partition coefficient (Wildman–Crippen LogP) is 3.17.